The second-order valence-electron chi connectivity index (χ2n) is 4.36. The normalized spacial score (nSPS) is 9.95. The van der Waals surface area contributed by atoms with Crippen molar-refractivity contribution in [3.63, 3.8) is 0 Å². The largest absolute Gasteiger partial charge is 0.265 e. The Morgan fingerprint density at radius 2 is 1.50 bits per heavy atom. The molecule has 1 aromatic carbocycles. The maximum absolute atomic E-state index is 9.14. The molecule has 0 aliphatic heterocycles. The molecule has 0 amide bonds. The summed E-state index contributed by atoms with van der Waals surface area (Å²) in [5, 5.41) is 9.14. The fraction of sp³-hybridized carbons (Fsp3) is 0. The zero-order chi connectivity index (χ0) is 13.8. The highest BCUT2D eigenvalue weighted by Crippen LogP contribution is 2.16. The van der Waals surface area contributed by atoms with Crippen LogP contribution in [-0.4, -0.2) is 4.98 Å². The minimum absolute atomic E-state index is 0.661. The highest BCUT2D eigenvalue weighted by atomic mass is 14.9. The fourth-order valence-electron chi connectivity index (χ4n) is 2.12. The van der Waals surface area contributed by atoms with Crippen LogP contribution in [0.25, 0.3) is 16.8 Å². The molecule has 3 aromatic rings. The van der Waals surface area contributed by atoms with E-state index in [4.69, 9.17) is 5.26 Å². The molecule has 0 N–H and O–H groups in total. The van der Waals surface area contributed by atoms with Crippen molar-refractivity contribution in [2.75, 3.05) is 0 Å². The van der Waals surface area contributed by atoms with Crippen LogP contribution in [0.1, 0.15) is 5.56 Å². The predicted octanol–water partition coefficient (Wildman–Crippen LogP) is 2.90. The van der Waals surface area contributed by atoms with Gasteiger partial charge in [-0.25, -0.2) is 0 Å². The number of nitriles is 1. The second kappa shape index (κ2) is 5.33. The SMILES string of the molecule is N#Cc1ccccc1-[n+]1ccc(-c2ccncc2)cc1. The molecule has 94 valence electrons. The Bertz CT molecular complexity index is 756. The van der Waals surface area contributed by atoms with Gasteiger partial charge in [0.05, 0.1) is 0 Å². The average Bonchev–Trinajstić information content (AvgIpc) is 2.56. The van der Waals surface area contributed by atoms with E-state index in [1.54, 1.807) is 12.4 Å². The van der Waals surface area contributed by atoms with Crippen LogP contribution in [0.5, 0.6) is 0 Å². The van der Waals surface area contributed by atoms with Gasteiger partial charge < -0.3 is 0 Å². The van der Waals surface area contributed by atoms with Gasteiger partial charge in [0.1, 0.15) is 11.6 Å². The Balaban J connectivity index is 2.00. The number of pyridine rings is 2. The number of hydrogen-bond acceptors (Lipinski definition) is 2. The molecule has 0 aliphatic carbocycles. The van der Waals surface area contributed by atoms with Crippen molar-refractivity contribution in [3.05, 3.63) is 78.9 Å². The van der Waals surface area contributed by atoms with E-state index >= 15 is 0 Å². The molecule has 0 atom stereocenters. The lowest BCUT2D eigenvalue weighted by Crippen LogP contribution is -2.30. The highest BCUT2D eigenvalue weighted by molar-refractivity contribution is 5.61. The molecule has 2 aromatic heterocycles. The third kappa shape index (κ3) is 2.27. The minimum atomic E-state index is 0.661. The predicted molar refractivity (Wildman–Crippen MR) is 75.9 cm³/mol. The molecule has 0 bridgehead atoms. The van der Waals surface area contributed by atoms with Gasteiger partial charge in [-0.05, 0) is 29.3 Å². The van der Waals surface area contributed by atoms with Gasteiger partial charge in [0.25, 0.3) is 0 Å². The summed E-state index contributed by atoms with van der Waals surface area (Å²) in [5.74, 6) is 0. The molecular weight excluding hydrogens is 246 g/mol. The van der Waals surface area contributed by atoms with E-state index in [1.807, 2.05) is 65.5 Å². The Hall–Kier alpha value is -2.99. The number of para-hydroxylation sites is 1. The molecular formula is C17H12N3+. The van der Waals surface area contributed by atoms with Crippen LogP contribution in [0.4, 0.5) is 0 Å². The first-order valence-electron chi connectivity index (χ1n) is 6.30. The van der Waals surface area contributed by atoms with Crippen molar-refractivity contribution >= 4 is 0 Å². The summed E-state index contributed by atoms with van der Waals surface area (Å²) < 4.78 is 1.95. The summed E-state index contributed by atoms with van der Waals surface area (Å²) in [5.41, 5.74) is 3.80. The van der Waals surface area contributed by atoms with Crippen LogP contribution >= 0.6 is 0 Å². The summed E-state index contributed by atoms with van der Waals surface area (Å²) in [6.07, 6.45) is 7.49. The molecule has 0 fully saturated rings. The lowest BCUT2D eigenvalue weighted by Gasteiger charge is -2.01. The topological polar surface area (TPSA) is 40.6 Å². The molecule has 3 heteroatoms. The highest BCUT2D eigenvalue weighted by Gasteiger charge is 2.11. The van der Waals surface area contributed by atoms with Gasteiger partial charge in [0.2, 0.25) is 5.69 Å². The maximum atomic E-state index is 9.14. The number of nitrogens with zero attached hydrogens (tertiary/aromatic N) is 3. The van der Waals surface area contributed by atoms with Gasteiger partial charge in [0.15, 0.2) is 12.4 Å². The lowest BCUT2D eigenvalue weighted by molar-refractivity contribution is -0.595. The van der Waals surface area contributed by atoms with E-state index in [9.17, 15) is 0 Å². The van der Waals surface area contributed by atoms with Crippen molar-refractivity contribution in [2.24, 2.45) is 0 Å². The zero-order valence-corrected chi connectivity index (χ0v) is 10.8. The molecule has 0 saturated carbocycles. The van der Waals surface area contributed by atoms with Crippen LogP contribution in [-0.2, 0) is 0 Å². The lowest BCUT2D eigenvalue weighted by atomic mass is 10.1. The number of benzene rings is 1. The first-order chi connectivity index (χ1) is 9.88. The molecule has 2 heterocycles. The molecule has 0 saturated heterocycles. The first-order valence-corrected chi connectivity index (χ1v) is 6.30. The quantitative estimate of drug-likeness (QED) is 0.663. The molecule has 20 heavy (non-hydrogen) atoms. The monoisotopic (exact) mass is 258 g/mol. The molecule has 0 radical (unpaired) electrons. The van der Waals surface area contributed by atoms with Crippen LogP contribution < -0.4 is 4.57 Å². The Labute approximate surface area is 117 Å². The number of hydrogen-bond donors (Lipinski definition) is 0. The van der Waals surface area contributed by atoms with Crippen LogP contribution in [0.15, 0.2) is 73.3 Å². The second-order valence-corrected chi connectivity index (χ2v) is 4.36. The van der Waals surface area contributed by atoms with E-state index in [0.717, 1.165) is 16.8 Å². The van der Waals surface area contributed by atoms with E-state index < -0.39 is 0 Å². The summed E-state index contributed by atoms with van der Waals surface area (Å²) in [6.45, 7) is 0. The summed E-state index contributed by atoms with van der Waals surface area (Å²) in [7, 11) is 0. The van der Waals surface area contributed by atoms with Crippen molar-refractivity contribution in [1.82, 2.24) is 4.98 Å². The van der Waals surface area contributed by atoms with Gasteiger partial charge in [0, 0.05) is 30.6 Å². The Kier molecular flexibility index (Phi) is 3.22. The van der Waals surface area contributed by atoms with E-state index in [1.165, 1.54) is 0 Å². The van der Waals surface area contributed by atoms with Crippen LogP contribution in [0, 0.1) is 11.3 Å². The summed E-state index contributed by atoms with van der Waals surface area (Å²) in [4.78, 5) is 4.02. The van der Waals surface area contributed by atoms with Crippen molar-refractivity contribution in [1.29, 1.82) is 5.26 Å². The van der Waals surface area contributed by atoms with Crippen LogP contribution in [0.2, 0.25) is 0 Å². The average molecular weight is 258 g/mol. The van der Waals surface area contributed by atoms with Crippen molar-refractivity contribution in [3.8, 4) is 22.9 Å². The van der Waals surface area contributed by atoms with Gasteiger partial charge >= 0.3 is 0 Å². The van der Waals surface area contributed by atoms with E-state index in [-0.39, 0.29) is 0 Å². The molecule has 0 spiro atoms. The molecule has 3 rings (SSSR count). The van der Waals surface area contributed by atoms with Crippen molar-refractivity contribution in [2.45, 2.75) is 0 Å². The third-order valence-electron chi connectivity index (χ3n) is 3.15. The smallest absolute Gasteiger partial charge is 0.228 e. The Morgan fingerprint density at radius 3 is 2.20 bits per heavy atom. The molecule has 3 nitrogen and oxygen atoms in total. The van der Waals surface area contributed by atoms with Crippen molar-refractivity contribution < 1.29 is 4.57 Å². The van der Waals surface area contributed by atoms with Gasteiger partial charge in [-0.3, -0.25) is 4.98 Å². The summed E-state index contributed by atoms with van der Waals surface area (Å²) >= 11 is 0. The zero-order valence-electron chi connectivity index (χ0n) is 10.8. The minimum Gasteiger partial charge on any atom is -0.265 e. The van der Waals surface area contributed by atoms with E-state index in [2.05, 4.69) is 11.1 Å². The van der Waals surface area contributed by atoms with E-state index in [0.29, 0.717) is 5.56 Å². The fourth-order valence-corrected chi connectivity index (χ4v) is 2.12. The van der Waals surface area contributed by atoms with Gasteiger partial charge in [-0.2, -0.15) is 9.83 Å². The third-order valence-corrected chi connectivity index (χ3v) is 3.15. The molecule has 0 unspecified atom stereocenters. The van der Waals surface area contributed by atoms with Crippen LogP contribution in [0.3, 0.4) is 0 Å². The van der Waals surface area contributed by atoms with Gasteiger partial charge in [-0.15, -0.1) is 0 Å². The Morgan fingerprint density at radius 1 is 0.850 bits per heavy atom. The summed E-state index contributed by atoms with van der Waals surface area (Å²) in [6, 6.07) is 17.8. The first kappa shape index (κ1) is 12.1. The number of rotatable bonds is 2. The number of aromatic nitrogens is 2. The van der Waals surface area contributed by atoms with Gasteiger partial charge in [-0.1, -0.05) is 12.1 Å². The molecule has 0 aliphatic rings. The maximum Gasteiger partial charge on any atom is 0.228 e. The standard InChI is InChI=1S/C17H12N3/c18-13-16-3-1-2-4-17(16)20-11-7-15(8-12-20)14-5-9-19-10-6-14/h1-12H/q+1.